The van der Waals surface area contributed by atoms with Crippen molar-refractivity contribution in [1.29, 1.82) is 0 Å². The highest BCUT2D eigenvalue weighted by Crippen LogP contribution is 2.19. The van der Waals surface area contributed by atoms with Crippen molar-refractivity contribution >= 4 is 23.1 Å². The summed E-state index contributed by atoms with van der Waals surface area (Å²) in [5.74, 6) is 0.856. The fourth-order valence-corrected chi connectivity index (χ4v) is 2.01. The van der Waals surface area contributed by atoms with E-state index in [2.05, 4.69) is 32.3 Å². The van der Waals surface area contributed by atoms with Crippen LogP contribution in [0.15, 0.2) is 30.5 Å². The Hall–Kier alpha value is -1.88. The minimum Gasteiger partial charge on any atom is -0.361 e. The van der Waals surface area contributed by atoms with Gasteiger partial charge in [-0.1, -0.05) is 18.2 Å². The van der Waals surface area contributed by atoms with Crippen molar-refractivity contribution in [3.63, 3.8) is 0 Å². The number of H-pyrrole nitrogens is 3. The Balaban J connectivity index is 2.03. The molecule has 2 heterocycles. The number of aromatic amines is 3. The summed E-state index contributed by atoms with van der Waals surface area (Å²) < 4.78 is 0.495. The van der Waals surface area contributed by atoms with Gasteiger partial charge in [-0.3, -0.25) is 10.2 Å². The molecule has 0 saturated carbocycles. The van der Waals surface area contributed by atoms with Gasteiger partial charge in [0.1, 0.15) is 5.82 Å². The van der Waals surface area contributed by atoms with Crippen LogP contribution in [0.5, 0.6) is 0 Å². The summed E-state index contributed by atoms with van der Waals surface area (Å²) in [4.78, 5) is 7.42. The number of hydrogen-bond acceptors (Lipinski definition) is 2. The zero-order valence-corrected chi connectivity index (χ0v) is 9.27. The highest BCUT2D eigenvalue weighted by Gasteiger charge is 2.05. The third-order valence-corrected chi connectivity index (χ3v) is 2.78. The average Bonchev–Trinajstić information content (AvgIpc) is 2.87. The van der Waals surface area contributed by atoms with Gasteiger partial charge in [0.05, 0.1) is 0 Å². The molecule has 0 aliphatic carbocycles. The van der Waals surface area contributed by atoms with Crippen LogP contribution in [0.4, 0.5) is 0 Å². The van der Waals surface area contributed by atoms with E-state index >= 15 is 0 Å². The number of para-hydroxylation sites is 1. The molecule has 1 aromatic carbocycles. The first-order valence-corrected chi connectivity index (χ1v) is 5.42. The number of nitrogens with one attached hydrogen (secondary N) is 3. The molecule has 16 heavy (non-hydrogen) atoms. The lowest BCUT2D eigenvalue weighted by Gasteiger charge is -1.94. The van der Waals surface area contributed by atoms with Crippen LogP contribution in [0.1, 0.15) is 11.4 Å². The predicted octanol–water partition coefficient (Wildman–Crippen LogP) is 2.54. The van der Waals surface area contributed by atoms with Gasteiger partial charge in [-0.15, -0.1) is 0 Å². The number of hydrogen-bond donors (Lipinski definition) is 3. The van der Waals surface area contributed by atoms with E-state index in [4.69, 9.17) is 12.2 Å². The summed E-state index contributed by atoms with van der Waals surface area (Å²) >= 11 is 4.92. The summed E-state index contributed by atoms with van der Waals surface area (Å²) in [5.41, 5.74) is 2.36. The molecule has 4 nitrogen and oxygen atoms in total. The van der Waals surface area contributed by atoms with Crippen LogP contribution in [0.3, 0.4) is 0 Å². The van der Waals surface area contributed by atoms with Crippen LogP contribution in [0.25, 0.3) is 10.9 Å². The van der Waals surface area contributed by atoms with Gasteiger partial charge in [0.25, 0.3) is 0 Å². The predicted molar refractivity (Wildman–Crippen MR) is 64.9 cm³/mol. The Bertz CT molecular complexity index is 676. The van der Waals surface area contributed by atoms with Crippen molar-refractivity contribution in [3.8, 4) is 0 Å². The van der Waals surface area contributed by atoms with Crippen molar-refractivity contribution in [2.75, 3.05) is 0 Å². The Morgan fingerprint density at radius 3 is 2.88 bits per heavy atom. The third kappa shape index (κ3) is 1.55. The Kier molecular flexibility index (Phi) is 2.11. The molecule has 0 spiro atoms. The fraction of sp³-hybridized carbons (Fsp3) is 0.0909. The smallest absolute Gasteiger partial charge is 0.213 e. The molecule has 80 valence electrons. The van der Waals surface area contributed by atoms with E-state index in [0.29, 0.717) is 4.77 Å². The summed E-state index contributed by atoms with van der Waals surface area (Å²) in [6.45, 7) is 0. The second kappa shape index (κ2) is 3.61. The summed E-state index contributed by atoms with van der Waals surface area (Å²) in [5, 5.41) is 6.98. The topological polar surface area (TPSA) is 60.3 Å². The zero-order valence-electron chi connectivity index (χ0n) is 8.45. The van der Waals surface area contributed by atoms with Gasteiger partial charge < -0.3 is 4.98 Å². The molecule has 0 fully saturated rings. The van der Waals surface area contributed by atoms with Crippen LogP contribution in [0.2, 0.25) is 0 Å². The molecule has 0 saturated heterocycles. The molecule has 3 N–H and O–H groups in total. The van der Waals surface area contributed by atoms with Crippen LogP contribution in [-0.2, 0) is 6.42 Å². The second-order valence-corrected chi connectivity index (χ2v) is 4.04. The second-order valence-electron chi connectivity index (χ2n) is 3.65. The molecule has 3 rings (SSSR count). The molecular weight excluding hydrogens is 220 g/mol. The maximum absolute atomic E-state index is 4.92. The molecule has 2 aromatic heterocycles. The van der Waals surface area contributed by atoms with Crippen molar-refractivity contribution in [2.24, 2.45) is 0 Å². The number of aromatic nitrogens is 4. The van der Waals surface area contributed by atoms with Gasteiger partial charge >= 0.3 is 0 Å². The molecule has 0 amide bonds. The maximum Gasteiger partial charge on any atom is 0.213 e. The summed E-state index contributed by atoms with van der Waals surface area (Å²) in [6.07, 6.45) is 2.76. The first-order valence-electron chi connectivity index (χ1n) is 5.01. The average molecular weight is 230 g/mol. The van der Waals surface area contributed by atoms with Gasteiger partial charge in [-0.2, -0.15) is 0 Å². The van der Waals surface area contributed by atoms with E-state index in [1.807, 2.05) is 18.3 Å². The van der Waals surface area contributed by atoms with Gasteiger partial charge in [-0.05, 0) is 23.8 Å². The molecule has 0 bridgehead atoms. The lowest BCUT2D eigenvalue weighted by molar-refractivity contribution is 0.976. The molecular formula is C11H10N4S. The minimum absolute atomic E-state index is 0.495. The molecule has 5 heteroatoms. The SMILES string of the molecule is S=c1nc(Cc2c[nH]c3ccccc23)[nH][nH]1. The fourth-order valence-electron chi connectivity index (χ4n) is 1.85. The normalized spacial score (nSPS) is 11.0. The van der Waals surface area contributed by atoms with E-state index < -0.39 is 0 Å². The van der Waals surface area contributed by atoms with Gasteiger partial charge in [-0.25, -0.2) is 4.98 Å². The van der Waals surface area contributed by atoms with Gasteiger partial charge in [0.15, 0.2) is 0 Å². The highest BCUT2D eigenvalue weighted by molar-refractivity contribution is 7.71. The molecule has 0 atom stereocenters. The third-order valence-electron chi connectivity index (χ3n) is 2.58. The maximum atomic E-state index is 4.92. The number of rotatable bonds is 2. The first-order chi connectivity index (χ1) is 7.83. The minimum atomic E-state index is 0.495. The monoisotopic (exact) mass is 230 g/mol. The number of benzene rings is 1. The molecule has 0 aliphatic heterocycles. The van der Waals surface area contributed by atoms with Crippen molar-refractivity contribution in [1.82, 2.24) is 20.2 Å². The van der Waals surface area contributed by atoms with E-state index in [0.717, 1.165) is 17.8 Å². The van der Waals surface area contributed by atoms with Gasteiger partial charge in [0, 0.05) is 23.5 Å². The quantitative estimate of drug-likeness (QED) is 0.592. The van der Waals surface area contributed by atoms with E-state index in [9.17, 15) is 0 Å². The van der Waals surface area contributed by atoms with E-state index in [-0.39, 0.29) is 0 Å². The molecule has 0 radical (unpaired) electrons. The lowest BCUT2D eigenvalue weighted by atomic mass is 10.1. The molecule has 0 aliphatic rings. The Labute approximate surface area is 96.7 Å². The standard InChI is InChI=1S/C11H10N4S/c16-11-13-10(14-15-11)5-7-6-12-9-4-2-1-3-8(7)9/h1-4,6,12H,5H2,(H2,13,14,15,16). The number of fused-ring (bicyclic) bond motifs is 1. The van der Waals surface area contributed by atoms with E-state index in [1.54, 1.807) is 0 Å². The zero-order chi connectivity index (χ0) is 11.0. The number of nitrogens with zero attached hydrogens (tertiary/aromatic N) is 1. The molecule has 3 aromatic rings. The summed E-state index contributed by atoms with van der Waals surface area (Å²) in [6, 6.07) is 8.21. The van der Waals surface area contributed by atoms with Crippen molar-refractivity contribution < 1.29 is 0 Å². The van der Waals surface area contributed by atoms with Crippen LogP contribution < -0.4 is 0 Å². The molecule has 0 unspecified atom stereocenters. The Morgan fingerprint density at radius 2 is 2.06 bits per heavy atom. The Morgan fingerprint density at radius 1 is 1.19 bits per heavy atom. The van der Waals surface area contributed by atoms with Crippen molar-refractivity contribution in [2.45, 2.75) is 6.42 Å². The van der Waals surface area contributed by atoms with Crippen LogP contribution in [-0.4, -0.2) is 20.2 Å². The highest BCUT2D eigenvalue weighted by atomic mass is 32.1. The lowest BCUT2D eigenvalue weighted by Crippen LogP contribution is -1.89. The summed E-state index contributed by atoms with van der Waals surface area (Å²) in [7, 11) is 0. The van der Waals surface area contributed by atoms with Crippen molar-refractivity contribution in [3.05, 3.63) is 46.6 Å². The largest absolute Gasteiger partial charge is 0.361 e. The van der Waals surface area contributed by atoms with Crippen LogP contribution >= 0.6 is 12.2 Å². The van der Waals surface area contributed by atoms with E-state index in [1.165, 1.54) is 10.9 Å². The first kappa shape index (κ1) is 9.35. The van der Waals surface area contributed by atoms with Crippen LogP contribution in [0, 0.1) is 4.77 Å². The van der Waals surface area contributed by atoms with Gasteiger partial charge in [0.2, 0.25) is 4.77 Å².